The van der Waals surface area contributed by atoms with Crippen molar-refractivity contribution in [2.24, 2.45) is 5.41 Å². The first-order valence-corrected chi connectivity index (χ1v) is 8.61. The molecule has 120 valence electrons. The van der Waals surface area contributed by atoms with Gasteiger partial charge in [-0.15, -0.1) is 0 Å². The largest absolute Gasteiger partial charge is 0.339 e. The number of nitrogens with zero attached hydrogens (tertiary/aromatic N) is 2. The molecule has 1 amide bonds. The summed E-state index contributed by atoms with van der Waals surface area (Å²) in [6.45, 7) is 4.05. The second-order valence-electron chi connectivity index (χ2n) is 6.95. The highest BCUT2D eigenvalue weighted by molar-refractivity contribution is 5.98. The highest BCUT2D eigenvalue weighted by Crippen LogP contribution is 2.39. The molecule has 4 nitrogen and oxygen atoms in total. The molecule has 0 atom stereocenters. The molecule has 1 aromatic heterocycles. The van der Waals surface area contributed by atoms with Crippen LogP contribution in [-0.2, 0) is 0 Å². The van der Waals surface area contributed by atoms with Gasteiger partial charge < -0.3 is 10.2 Å². The molecular weight excluding hydrogens is 286 g/mol. The predicted molar refractivity (Wildman–Crippen MR) is 91.4 cm³/mol. The van der Waals surface area contributed by atoms with Gasteiger partial charge in [0, 0.05) is 30.2 Å². The molecule has 1 N–H and O–H groups in total. The van der Waals surface area contributed by atoms with Crippen LogP contribution in [0.25, 0.3) is 10.9 Å². The number of rotatable bonds is 1. The number of hydrogen-bond acceptors (Lipinski definition) is 3. The lowest BCUT2D eigenvalue weighted by atomic mass is 9.71. The van der Waals surface area contributed by atoms with E-state index in [0.29, 0.717) is 5.41 Å². The van der Waals surface area contributed by atoms with E-state index in [0.717, 1.165) is 55.5 Å². The summed E-state index contributed by atoms with van der Waals surface area (Å²) in [6, 6.07) is 9.75. The SMILES string of the molecule is O=C(c1ccc2ncccc2c1)N1CCC2(CCNCC2)CC1. The van der Waals surface area contributed by atoms with E-state index in [1.54, 1.807) is 6.20 Å². The third-order valence-electron chi connectivity index (χ3n) is 5.63. The van der Waals surface area contributed by atoms with E-state index in [-0.39, 0.29) is 5.91 Å². The molecular formula is C19H23N3O. The first kappa shape index (κ1) is 14.6. The van der Waals surface area contributed by atoms with Crippen LogP contribution in [0.3, 0.4) is 0 Å². The Morgan fingerprint density at radius 3 is 2.65 bits per heavy atom. The molecule has 3 heterocycles. The van der Waals surface area contributed by atoms with Crippen molar-refractivity contribution < 1.29 is 4.79 Å². The number of fused-ring (bicyclic) bond motifs is 1. The van der Waals surface area contributed by atoms with Crippen molar-refractivity contribution >= 4 is 16.8 Å². The number of likely N-dealkylation sites (tertiary alicyclic amines) is 1. The Labute approximate surface area is 136 Å². The molecule has 4 heteroatoms. The van der Waals surface area contributed by atoms with Gasteiger partial charge in [0.15, 0.2) is 0 Å². The predicted octanol–water partition coefficient (Wildman–Crippen LogP) is 2.84. The Bertz CT molecular complexity index is 711. The standard InChI is InChI=1S/C19H23N3O/c23-18(16-3-4-17-15(14-16)2-1-9-21-17)22-12-7-19(8-13-22)5-10-20-11-6-19/h1-4,9,14,20H,5-8,10-13H2. The molecule has 0 unspecified atom stereocenters. The van der Waals surface area contributed by atoms with Gasteiger partial charge in [0.25, 0.3) is 5.91 Å². The number of aromatic nitrogens is 1. The summed E-state index contributed by atoms with van der Waals surface area (Å²) in [5.41, 5.74) is 2.21. The van der Waals surface area contributed by atoms with Gasteiger partial charge in [-0.1, -0.05) is 6.07 Å². The zero-order valence-electron chi connectivity index (χ0n) is 13.4. The lowest BCUT2D eigenvalue weighted by Crippen LogP contribution is -2.47. The average Bonchev–Trinajstić information content (AvgIpc) is 2.62. The topological polar surface area (TPSA) is 45.2 Å². The maximum Gasteiger partial charge on any atom is 0.253 e. The van der Waals surface area contributed by atoms with Crippen LogP contribution in [0.1, 0.15) is 36.0 Å². The van der Waals surface area contributed by atoms with Crippen LogP contribution >= 0.6 is 0 Å². The first-order chi connectivity index (χ1) is 11.3. The molecule has 0 radical (unpaired) electrons. The zero-order chi connectivity index (χ0) is 15.7. The molecule has 23 heavy (non-hydrogen) atoms. The van der Waals surface area contributed by atoms with Crippen LogP contribution in [0.2, 0.25) is 0 Å². The second kappa shape index (κ2) is 5.93. The monoisotopic (exact) mass is 309 g/mol. The van der Waals surface area contributed by atoms with Crippen molar-refractivity contribution in [1.82, 2.24) is 15.2 Å². The second-order valence-corrected chi connectivity index (χ2v) is 6.95. The highest BCUT2D eigenvalue weighted by atomic mass is 16.2. The van der Waals surface area contributed by atoms with Crippen molar-refractivity contribution in [3.8, 4) is 0 Å². The fourth-order valence-corrected chi connectivity index (χ4v) is 4.03. The number of carbonyl (C=O) groups is 1. The lowest BCUT2D eigenvalue weighted by Gasteiger charge is -2.44. The molecule has 0 bridgehead atoms. The van der Waals surface area contributed by atoms with Crippen molar-refractivity contribution in [3.63, 3.8) is 0 Å². The molecule has 2 aliphatic heterocycles. The Balaban J connectivity index is 1.48. The van der Waals surface area contributed by atoms with Crippen molar-refractivity contribution in [3.05, 3.63) is 42.1 Å². The minimum Gasteiger partial charge on any atom is -0.339 e. The fourth-order valence-electron chi connectivity index (χ4n) is 4.03. The van der Waals surface area contributed by atoms with E-state index in [1.807, 2.05) is 35.2 Å². The normalized spacial score (nSPS) is 20.8. The number of pyridine rings is 1. The van der Waals surface area contributed by atoms with Gasteiger partial charge in [-0.25, -0.2) is 0 Å². The van der Waals surface area contributed by atoms with Crippen LogP contribution < -0.4 is 5.32 Å². The minimum absolute atomic E-state index is 0.166. The molecule has 4 rings (SSSR count). The number of amides is 1. The van der Waals surface area contributed by atoms with E-state index >= 15 is 0 Å². The highest BCUT2D eigenvalue weighted by Gasteiger charge is 2.36. The summed E-state index contributed by atoms with van der Waals surface area (Å²) in [4.78, 5) is 19.2. The summed E-state index contributed by atoms with van der Waals surface area (Å²) >= 11 is 0. The summed E-state index contributed by atoms with van der Waals surface area (Å²) in [7, 11) is 0. The van der Waals surface area contributed by atoms with E-state index in [4.69, 9.17) is 0 Å². The summed E-state index contributed by atoms with van der Waals surface area (Å²) < 4.78 is 0. The molecule has 2 fully saturated rings. The Hall–Kier alpha value is -1.94. The fraction of sp³-hybridized carbons (Fsp3) is 0.474. The summed E-state index contributed by atoms with van der Waals surface area (Å²) in [6.07, 6.45) is 6.60. The number of benzene rings is 1. The third kappa shape index (κ3) is 2.83. The molecule has 1 spiro atoms. The molecule has 1 aromatic carbocycles. The minimum atomic E-state index is 0.166. The Kier molecular flexibility index (Phi) is 3.77. The molecule has 2 saturated heterocycles. The van der Waals surface area contributed by atoms with Gasteiger partial charge in [-0.05, 0) is 68.5 Å². The van der Waals surface area contributed by atoms with Gasteiger partial charge in [0.1, 0.15) is 0 Å². The quantitative estimate of drug-likeness (QED) is 0.881. The van der Waals surface area contributed by atoms with Crippen LogP contribution in [0.5, 0.6) is 0 Å². The van der Waals surface area contributed by atoms with E-state index in [9.17, 15) is 4.79 Å². The van der Waals surface area contributed by atoms with Crippen molar-refractivity contribution in [2.45, 2.75) is 25.7 Å². The molecule has 2 aliphatic rings. The zero-order valence-corrected chi connectivity index (χ0v) is 13.4. The van der Waals surface area contributed by atoms with Crippen LogP contribution in [-0.4, -0.2) is 42.0 Å². The van der Waals surface area contributed by atoms with Crippen LogP contribution in [0, 0.1) is 5.41 Å². The number of nitrogens with one attached hydrogen (secondary N) is 1. The number of carbonyl (C=O) groups excluding carboxylic acids is 1. The van der Waals surface area contributed by atoms with Crippen LogP contribution in [0.15, 0.2) is 36.5 Å². The molecule has 0 aliphatic carbocycles. The van der Waals surface area contributed by atoms with Crippen LogP contribution in [0.4, 0.5) is 0 Å². The maximum absolute atomic E-state index is 12.8. The number of piperidine rings is 2. The van der Waals surface area contributed by atoms with Gasteiger partial charge in [-0.2, -0.15) is 0 Å². The van der Waals surface area contributed by atoms with Gasteiger partial charge in [0.2, 0.25) is 0 Å². The van der Waals surface area contributed by atoms with E-state index < -0.39 is 0 Å². The molecule has 0 saturated carbocycles. The first-order valence-electron chi connectivity index (χ1n) is 8.61. The van der Waals surface area contributed by atoms with E-state index in [1.165, 1.54) is 12.8 Å². The summed E-state index contributed by atoms with van der Waals surface area (Å²) in [5, 5.41) is 4.48. The Morgan fingerprint density at radius 2 is 1.87 bits per heavy atom. The maximum atomic E-state index is 12.8. The third-order valence-corrected chi connectivity index (χ3v) is 5.63. The van der Waals surface area contributed by atoms with Crippen molar-refractivity contribution in [1.29, 1.82) is 0 Å². The van der Waals surface area contributed by atoms with Crippen molar-refractivity contribution in [2.75, 3.05) is 26.2 Å². The molecule has 2 aromatic rings. The Morgan fingerprint density at radius 1 is 1.09 bits per heavy atom. The van der Waals surface area contributed by atoms with Gasteiger partial charge in [0.05, 0.1) is 5.52 Å². The number of hydrogen-bond donors (Lipinski definition) is 1. The lowest BCUT2D eigenvalue weighted by molar-refractivity contribution is 0.0496. The average molecular weight is 309 g/mol. The van der Waals surface area contributed by atoms with E-state index in [2.05, 4.69) is 10.3 Å². The summed E-state index contributed by atoms with van der Waals surface area (Å²) in [5.74, 6) is 0.166. The van der Waals surface area contributed by atoms with Gasteiger partial charge in [-0.3, -0.25) is 9.78 Å². The van der Waals surface area contributed by atoms with Gasteiger partial charge >= 0.3 is 0 Å². The smallest absolute Gasteiger partial charge is 0.253 e.